The van der Waals surface area contributed by atoms with Crippen molar-refractivity contribution in [1.82, 2.24) is 4.90 Å². The van der Waals surface area contributed by atoms with Crippen LogP contribution in [0.15, 0.2) is 0 Å². The minimum atomic E-state index is -1.16. The molecule has 3 atom stereocenters. The van der Waals surface area contributed by atoms with Gasteiger partial charge >= 0.3 is 13.3 Å². The van der Waals surface area contributed by atoms with Crippen LogP contribution in [-0.2, 0) is 9.59 Å². The molecule has 6 nitrogen and oxygen atoms in total. The quantitative estimate of drug-likeness (QED) is 0.557. The molecule has 1 saturated carbocycles. The molecule has 1 rings (SSSR count). The Bertz CT molecular complexity index is 257. The van der Waals surface area contributed by atoms with E-state index in [1.165, 1.54) is 0 Å². The zero-order chi connectivity index (χ0) is 14.1. The van der Waals surface area contributed by atoms with Crippen LogP contribution in [0, 0.1) is 11.8 Å². The van der Waals surface area contributed by atoms with Gasteiger partial charge in [-0.15, -0.1) is 0 Å². The molecule has 3 unspecified atom stereocenters. The van der Waals surface area contributed by atoms with Crippen LogP contribution in [0.1, 0.15) is 19.3 Å². The second kappa shape index (κ2) is 9.25. The molecule has 0 heterocycles. The van der Waals surface area contributed by atoms with Crippen LogP contribution in [0.5, 0.6) is 0 Å². The fourth-order valence-corrected chi connectivity index (χ4v) is 2.58. The van der Waals surface area contributed by atoms with Gasteiger partial charge in [0.2, 0.25) is 0 Å². The Labute approximate surface area is 108 Å². The van der Waals surface area contributed by atoms with Gasteiger partial charge in [0.05, 0.1) is 0 Å². The summed E-state index contributed by atoms with van der Waals surface area (Å²) in [6.07, 6.45) is 3.78. The van der Waals surface area contributed by atoms with Gasteiger partial charge in [-0.2, -0.15) is 9.59 Å². The van der Waals surface area contributed by atoms with Gasteiger partial charge in [0.1, 0.15) is 0 Å². The van der Waals surface area contributed by atoms with Gasteiger partial charge in [-0.05, 0) is 45.1 Å². The predicted molar refractivity (Wildman–Crippen MR) is 67.4 cm³/mol. The van der Waals surface area contributed by atoms with Gasteiger partial charge in [-0.25, -0.2) is 0 Å². The third-order valence-electron chi connectivity index (χ3n) is 3.28. The van der Waals surface area contributed by atoms with E-state index in [-0.39, 0.29) is 12.2 Å². The van der Waals surface area contributed by atoms with Crippen LogP contribution >= 0.6 is 0 Å². The zero-order valence-electron chi connectivity index (χ0n) is 11.1. The first-order valence-electron chi connectivity index (χ1n) is 6.16. The maximum atomic E-state index is 8.81. The topological polar surface area (TPSA) is 104 Å². The van der Waals surface area contributed by atoms with Crippen LogP contribution in [0.2, 0.25) is 6.32 Å². The van der Waals surface area contributed by atoms with Crippen LogP contribution in [0.4, 0.5) is 0 Å². The van der Waals surface area contributed by atoms with Crippen LogP contribution < -0.4 is 5.73 Å². The maximum Gasteiger partial charge on any atom is 0.451 e. The zero-order valence-corrected chi connectivity index (χ0v) is 11.1. The first kappa shape index (κ1) is 17.3. The Hall–Kier alpha value is -0.715. The Kier molecular flexibility index (Phi) is 8.88. The average Bonchev–Trinajstić information content (AvgIpc) is 2.57. The molecule has 7 heteroatoms. The Morgan fingerprint density at radius 1 is 1.33 bits per heavy atom. The summed E-state index contributed by atoms with van der Waals surface area (Å²) in [7, 11) is 2.98. The summed E-state index contributed by atoms with van der Waals surface area (Å²) >= 11 is 0. The van der Waals surface area contributed by atoms with Gasteiger partial charge in [0.15, 0.2) is 0 Å². The van der Waals surface area contributed by atoms with Crippen molar-refractivity contribution in [2.45, 2.75) is 31.6 Å². The lowest BCUT2D eigenvalue weighted by molar-refractivity contribution is -0.191. The number of hydrogen-bond donors (Lipinski definition) is 3. The molecule has 0 amide bonds. The van der Waals surface area contributed by atoms with Gasteiger partial charge in [-0.1, -0.05) is 6.42 Å². The Balaban J connectivity index is 0.000000873. The van der Waals surface area contributed by atoms with E-state index in [2.05, 4.69) is 19.0 Å². The number of rotatable bonds is 5. The predicted octanol–water partition coefficient (Wildman–Crippen LogP) is -0.819. The van der Waals surface area contributed by atoms with E-state index in [9.17, 15) is 0 Å². The van der Waals surface area contributed by atoms with E-state index in [4.69, 9.17) is 25.4 Å². The summed E-state index contributed by atoms with van der Waals surface area (Å²) in [5.74, 6) is 1.15. The summed E-state index contributed by atoms with van der Waals surface area (Å²) < 4.78 is 0. The van der Waals surface area contributed by atoms with Crippen molar-refractivity contribution in [1.29, 1.82) is 0 Å². The average molecular weight is 258 g/mol. The van der Waals surface area contributed by atoms with E-state index >= 15 is 0 Å². The lowest BCUT2D eigenvalue weighted by Gasteiger charge is -2.19. The molecule has 0 aromatic rings. The van der Waals surface area contributed by atoms with Crippen molar-refractivity contribution >= 4 is 13.3 Å². The second-order valence-electron chi connectivity index (χ2n) is 5.16. The summed E-state index contributed by atoms with van der Waals surface area (Å²) in [5, 5.41) is 17.6. The highest BCUT2D eigenvalue weighted by Crippen LogP contribution is 2.33. The van der Waals surface area contributed by atoms with Crippen molar-refractivity contribution < 1.29 is 19.6 Å². The molecule has 104 valence electrons. The summed E-state index contributed by atoms with van der Waals surface area (Å²) in [4.78, 5) is 18.4. The highest BCUT2D eigenvalue weighted by atomic mass is 16.4. The maximum absolute atomic E-state index is 8.81. The standard InChI is InChI=1S/C10H23BN2O2.CO2/c1-13(2)7-9-5-8(6-10(9)12)3-4-11(14)15;2-1-3/h8-10,14-15H,3-7,12H2,1-2H3;. The minimum absolute atomic E-state index is 0.250. The van der Waals surface area contributed by atoms with Crippen LogP contribution in [0.3, 0.4) is 0 Å². The van der Waals surface area contributed by atoms with E-state index < -0.39 is 7.12 Å². The molecule has 0 spiro atoms. The fraction of sp³-hybridized carbons (Fsp3) is 0.909. The third kappa shape index (κ3) is 7.58. The van der Waals surface area contributed by atoms with Gasteiger partial charge in [0, 0.05) is 12.6 Å². The molecule has 1 aliphatic rings. The fourth-order valence-electron chi connectivity index (χ4n) is 2.58. The van der Waals surface area contributed by atoms with Crippen molar-refractivity contribution in [3.05, 3.63) is 0 Å². The molecular weight excluding hydrogens is 235 g/mol. The van der Waals surface area contributed by atoms with Crippen molar-refractivity contribution in [2.75, 3.05) is 20.6 Å². The van der Waals surface area contributed by atoms with E-state index in [1.54, 1.807) is 0 Å². The summed E-state index contributed by atoms with van der Waals surface area (Å²) in [6, 6.07) is 0.285. The van der Waals surface area contributed by atoms with Crippen molar-refractivity contribution in [2.24, 2.45) is 17.6 Å². The third-order valence-corrected chi connectivity index (χ3v) is 3.28. The van der Waals surface area contributed by atoms with Gasteiger partial charge < -0.3 is 20.7 Å². The lowest BCUT2D eigenvalue weighted by Crippen LogP contribution is -2.32. The highest BCUT2D eigenvalue weighted by molar-refractivity contribution is 6.40. The van der Waals surface area contributed by atoms with E-state index in [1.807, 2.05) is 0 Å². The molecule has 0 bridgehead atoms. The molecule has 0 aromatic heterocycles. The molecular formula is C11H23BN2O4. The number of carbonyl (C=O) groups excluding carboxylic acids is 2. The van der Waals surface area contributed by atoms with Crippen LogP contribution in [-0.4, -0.2) is 54.9 Å². The van der Waals surface area contributed by atoms with E-state index in [0.717, 1.165) is 25.8 Å². The van der Waals surface area contributed by atoms with Gasteiger partial charge in [0.25, 0.3) is 0 Å². The monoisotopic (exact) mass is 258 g/mol. The number of hydrogen-bond acceptors (Lipinski definition) is 6. The second-order valence-corrected chi connectivity index (χ2v) is 5.16. The number of nitrogens with two attached hydrogens (primary N) is 1. The summed E-state index contributed by atoms with van der Waals surface area (Å²) in [6.45, 7) is 1.04. The minimum Gasteiger partial charge on any atom is -0.427 e. The molecule has 4 N–H and O–H groups in total. The molecule has 0 saturated heterocycles. The molecule has 0 radical (unpaired) electrons. The molecule has 1 aliphatic carbocycles. The number of nitrogens with zero attached hydrogens (tertiary/aromatic N) is 1. The SMILES string of the molecule is CN(C)CC1CC(CCB(O)O)CC1N.O=C=O. The summed E-state index contributed by atoms with van der Waals surface area (Å²) in [5.41, 5.74) is 6.07. The Morgan fingerprint density at radius 3 is 2.33 bits per heavy atom. The molecule has 0 aromatic carbocycles. The molecule has 0 aliphatic heterocycles. The normalized spacial score (nSPS) is 26.4. The smallest absolute Gasteiger partial charge is 0.427 e. The molecule has 1 fully saturated rings. The van der Waals surface area contributed by atoms with E-state index in [0.29, 0.717) is 18.2 Å². The van der Waals surface area contributed by atoms with Crippen molar-refractivity contribution in [3.8, 4) is 0 Å². The highest BCUT2D eigenvalue weighted by Gasteiger charge is 2.32. The Morgan fingerprint density at radius 2 is 1.89 bits per heavy atom. The largest absolute Gasteiger partial charge is 0.451 e. The molecule has 18 heavy (non-hydrogen) atoms. The van der Waals surface area contributed by atoms with Crippen LogP contribution in [0.25, 0.3) is 0 Å². The first-order chi connectivity index (χ1) is 8.40. The van der Waals surface area contributed by atoms with Crippen molar-refractivity contribution in [3.63, 3.8) is 0 Å². The lowest BCUT2D eigenvalue weighted by atomic mass is 9.80. The first-order valence-corrected chi connectivity index (χ1v) is 6.16. The van der Waals surface area contributed by atoms with Gasteiger partial charge in [-0.3, -0.25) is 0 Å².